The lowest BCUT2D eigenvalue weighted by Gasteiger charge is -2.20. The van der Waals surface area contributed by atoms with Crippen LogP contribution >= 0.6 is 0 Å². The molecule has 2 aromatic heterocycles. The number of fused-ring (bicyclic) bond motifs is 1. The number of likely N-dealkylation sites (N-methyl/N-ethyl adjacent to an activating group) is 1. The minimum Gasteiger partial charge on any atom is -0.454 e. The number of nitrogens with one attached hydrogen (secondary N) is 3. The van der Waals surface area contributed by atoms with E-state index in [-0.39, 0.29) is 46.7 Å². The van der Waals surface area contributed by atoms with Gasteiger partial charge >= 0.3 is 6.03 Å². The molecule has 14 heteroatoms. The van der Waals surface area contributed by atoms with E-state index >= 15 is 4.39 Å². The minimum absolute atomic E-state index is 0.0631. The van der Waals surface area contributed by atoms with Gasteiger partial charge in [0.05, 0.1) is 18.8 Å². The Balaban J connectivity index is 1.03. The van der Waals surface area contributed by atoms with Crippen LogP contribution in [0.3, 0.4) is 0 Å². The minimum atomic E-state index is -0.782. The van der Waals surface area contributed by atoms with Gasteiger partial charge in [-0.1, -0.05) is 0 Å². The van der Waals surface area contributed by atoms with Gasteiger partial charge in [-0.15, -0.1) is 0 Å². The second kappa shape index (κ2) is 14.7. The van der Waals surface area contributed by atoms with Gasteiger partial charge in [0.2, 0.25) is 0 Å². The Morgan fingerprint density at radius 1 is 1.02 bits per heavy atom. The summed E-state index contributed by atoms with van der Waals surface area (Å²) in [5, 5.41) is 8.19. The highest BCUT2D eigenvalue weighted by atomic mass is 19.1. The number of urea groups is 1. The number of likely N-dealkylation sites (tertiary alicyclic amines) is 1. The SMILES string of the molecule is CNC(C=O)COC1CC2CN(C(=O)Nc3cc(Oc4ccc(NC(=O)c5cccn(-c6ccc(F)cc6)c5=O)cc4F)ccn3)CC2C1. The lowest BCUT2D eigenvalue weighted by Crippen LogP contribution is -2.35. The zero-order chi connectivity index (χ0) is 34.5. The fourth-order valence-corrected chi connectivity index (χ4v) is 6.17. The van der Waals surface area contributed by atoms with E-state index in [4.69, 9.17) is 9.47 Å². The molecule has 49 heavy (non-hydrogen) atoms. The highest BCUT2D eigenvalue weighted by Gasteiger charge is 2.43. The number of benzene rings is 2. The Kier molecular flexibility index (Phi) is 10.1. The number of carbonyl (C=O) groups is 3. The summed E-state index contributed by atoms with van der Waals surface area (Å²) in [6.45, 7) is 1.48. The third kappa shape index (κ3) is 7.82. The van der Waals surface area contributed by atoms with Crippen LogP contribution in [-0.4, -0.2) is 71.6 Å². The number of ether oxygens (including phenoxy) is 2. The molecule has 12 nitrogen and oxygen atoms in total. The van der Waals surface area contributed by atoms with Crippen LogP contribution in [0.15, 0.2) is 83.9 Å². The second-order valence-corrected chi connectivity index (χ2v) is 12.0. The molecule has 0 bridgehead atoms. The van der Waals surface area contributed by atoms with Crippen molar-refractivity contribution in [2.45, 2.75) is 25.0 Å². The molecule has 1 aliphatic carbocycles. The molecule has 1 aliphatic heterocycles. The van der Waals surface area contributed by atoms with Gasteiger partial charge in [0.1, 0.15) is 29.2 Å². The Bertz CT molecular complexity index is 1890. The zero-order valence-corrected chi connectivity index (χ0v) is 26.5. The summed E-state index contributed by atoms with van der Waals surface area (Å²) >= 11 is 0. The van der Waals surface area contributed by atoms with E-state index in [1.165, 1.54) is 77.6 Å². The van der Waals surface area contributed by atoms with E-state index < -0.39 is 23.1 Å². The number of hydrogen-bond donors (Lipinski definition) is 3. The van der Waals surface area contributed by atoms with Crippen LogP contribution in [0.2, 0.25) is 0 Å². The van der Waals surface area contributed by atoms with Gasteiger partial charge in [0.25, 0.3) is 11.5 Å². The van der Waals surface area contributed by atoms with Crippen LogP contribution in [0.4, 0.5) is 25.1 Å². The summed E-state index contributed by atoms with van der Waals surface area (Å²) in [5.41, 5.74) is -0.357. The third-order valence-electron chi connectivity index (χ3n) is 8.72. The van der Waals surface area contributed by atoms with E-state index in [1.807, 2.05) is 0 Å². The van der Waals surface area contributed by atoms with Crippen molar-refractivity contribution in [1.29, 1.82) is 0 Å². The zero-order valence-electron chi connectivity index (χ0n) is 26.5. The number of anilines is 2. The highest BCUT2D eigenvalue weighted by Crippen LogP contribution is 2.39. The quantitative estimate of drug-likeness (QED) is 0.196. The molecule has 2 aliphatic rings. The molecular weight excluding hydrogens is 638 g/mol. The standard InChI is InChI=1S/C35H34F2N6O6/c1-38-25(19-44)20-48-28-13-21-17-42(18-22(21)14-28)35(47)41-32-16-27(10-11-39-32)49-31-9-6-24(15-30(31)37)40-33(45)29-3-2-12-43(34(29)46)26-7-4-23(36)5-8-26/h2-12,15-16,19,21-22,25,28,38H,13-14,17-18,20H2,1H3,(H,40,45)(H,39,41,47). The topological polar surface area (TPSA) is 144 Å². The Labute approximate surface area is 280 Å². The summed E-state index contributed by atoms with van der Waals surface area (Å²) in [7, 11) is 1.71. The molecule has 3 N–H and O–H groups in total. The molecule has 0 radical (unpaired) electrons. The number of aromatic nitrogens is 2. The second-order valence-electron chi connectivity index (χ2n) is 12.0. The molecule has 1 saturated carbocycles. The molecule has 3 heterocycles. The van der Waals surface area contributed by atoms with E-state index in [1.54, 1.807) is 11.9 Å². The first kappa shape index (κ1) is 33.4. The van der Waals surface area contributed by atoms with Crippen molar-refractivity contribution in [3.63, 3.8) is 0 Å². The Hall–Kier alpha value is -5.47. The molecule has 3 unspecified atom stereocenters. The van der Waals surface area contributed by atoms with Crippen LogP contribution in [0, 0.1) is 23.5 Å². The molecule has 3 amide bonds. The van der Waals surface area contributed by atoms with Gasteiger partial charge in [-0.2, -0.15) is 0 Å². The number of hydrogen-bond acceptors (Lipinski definition) is 8. The van der Waals surface area contributed by atoms with E-state index in [2.05, 4.69) is 20.9 Å². The van der Waals surface area contributed by atoms with Crippen LogP contribution in [0.5, 0.6) is 11.5 Å². The molecule has 6 rings (SSSR count). The molecule has 0 spiro atoms. The maximum Gasteiger partial charge on any atom is 0.323 e. The fourth-order valence-electron chi connectivity index (χ4n) is 6.17. The number of aldehydes is 1. The molecule has 4 aromatic rings. The van der Waals surface area contributed by atoms with Crippen LogP contribution < -0.4 is 26.2 Å². The number of pyridine rings is 2. The van der Waals surface area contributed by atoms with Crippen molar-refractivity contribution in [1.82, 2.24) is 19.8 Å². The Morgan fingerprint density at radius 2 is 1.78 bits per heavy atom. The van der Waals surface area contributed by atoms with Crippen LogP contribution in [0.1, 0.15) is 23.2 Å². The fraction of sp³-hybridized carbons (Fsp3) is 0.286. The first-order valence-corrected chi connectivity index (χ1v) is 15.7. The van der Waals surface area contributed by atoms with E-state index in [0.717, 1.165) is 25.2 Å². The highest BCUT2D eigenvalue weighted by molar-refractivity contribution is 6.04. The number of carbonyl (C=O) groups excluding carboxylic acids is 3. The van der Waals surface area contributed by atoms with Gasteiger partial charge < -0.3 is 29.8 Å². The molecule has 254 valence electrons. The summed E-state index contributed by atoms with van der Waals surface area (Å²) in [5.74, 6) is -1.07. The van der Waals surface area contributed by atoms with Crippen molar-refractivity contribution in [2.75, 3.05) is 37.4 Å². The Morgan fingerprint density at radius 3 is 2.47 bits per heavy atom. The maximum absolute atomic E-state index is 15.1. The smallest absolute Gasteiger partial charge is 0.323 e. The molecular formula is C35H34F2N6O6. The summed E-state index contributed by atoms with van der Waals surface area (Å²) < 4.78 is 41.2. The average molecular weight is 673 g/mol. The third-order valence-corrected chi connectivity index (χ3v) is 8.72. The first-order valence-electron chi connectivity index (χ1n) is 15.7. The summed E-state index contributed by atoms with van der Waals surface area (Å²) in [4.78, 5) is 55.9. The van der Waals surface area contributed by atoms with Gasteiger partial charge in [0, 0.05) is 49.0 Å². The van der Waals surface area contributed by atoms with Gasteiger partial charge in [-0.3, -0.25) is 19.5 Å². The van der Waals surface area contributed by atoms with Gasteiger partial charge in [-0.25, -0.2) is 18.6 Å². The molecule has 2 aromatic carbocycles. The largest absolute Gasteiger partial charge is 0.454 e. The average Bonchev–Trinajstić information content (AvgIpc) is 3.67. The van der Waals surface area contributed by atoms with E-state index in [9.17, 15) is 23.6 Å². The number of halogens is 2. The lowest BCUT2D eigenvalue weighted by molar-refractivity contribution is -0.111. The van der Waals surface area contributed by atoms with Crippen LogP contribution in [0.25, 0.3) is 5.69 Å². The number of amides is 3. The number of rotatable bonds is 11. The van der Waals surface area contributed by atoms with Crippen molar-refractivity contribution in [2.24, 2.45) is 11.8 Å². The first-order chi connectivity index (χ1) is 23.7. The van der Waals surface area contributed by atoms with Crippen molar-refractivity contribution >= 4 is 29.7 Å². The maximum atomic E-state index is 15.1. The lowest BCUT2D eigenvalue weighted by atomic mass is 10.0. The van der Waals surface area contributed by atoms with Gasteiger partial charge in [0.15, 0.2) is 11.6 Å². The van der Waals surface area contributed by atoms with Crippen molar-refractivity contribution < 1.29 is 32.6 Å². The summed E-state index contributed by atoms with van der Waals surface area (Å²) in [6.07, 6.45) is 5.42. The predicted octanol–water partition coefficient (Wildman–Crippen LogP) is 4.60. The predicted molar refractivity (Wildman–Crippen MR) is 176 cm³/mol. The number of nitrogens with zero attached hydrogens (tertiary/aromatic N) is 3. The van der Waals surface area contributed by atoms with Crippen molar-refractivity contribution in [3.05, 3.63) is 107 Å². The van der Waals surface area contributed by atoms with Crippen molar-refractivity contribution in [3.8, 4) is 17.2 Å². The molecule has 2 fully saturated rings. The summed E-state index contributed by atoms with van der Waals surface area (Å²) in [6, 6.07) is 14.2. The van der Waals surface area contributed by atoms with Crippen LogP contribution in [-0.2, 0) is 9.53 Å². The van der Waals surface area contributed by atoms with E-state index in [0.29, 0.717) is 37.2 Å². The van der Waals surface area contributed by atoms with Gasteiger partial charge in [-0.05, 0) is 86.3 Å². The normalized spacial score (nSPS) is 18.8. The monoisotopic (exact) mass is 672 g/mol. The molecule has 3 atom stereocenters. The molecule has 1 saturated heterocycles.